The maximum atomic E-state index is 9.42. The molecule has 2 aromatic carbocycles. The summed E-state index contributed by atoms with van der Waals surface area (Å²) in [5, 5.41) is 10.1. The molecule has 17 heavy (non-hydrogen) atoms. The summed E-state index contributed by atoms with van der Waals surface area (Å²) in [6.45, 7) is 0. The van der Waals surface area contributed by atoms with Crippen LogP contribution >= 0.6 is 11.8 Å². The summed E-state index contributed by atoms with van der Waals surface area (Å²) >= 11 is 1.87. The first-order valence-corrected chi connectivity index (χ1v) is 6.71. The molecule has 0 radical (unpaired) electrons. The molecule has 0 saturated heterocycles. The Hall–Kier alpha value is -1.41. The second-order valence-corrected chi connectivity index (χ2v) is 5.72. The first-order chi connectivity index (χ1) is 8.33. The fourth-order valence-corrected chi connectivity index (χ4v) is 3.41. The molecule has 2 aromatic rings. The molecule has 0 bridgehead atoms. The number of aromatic hydroxyl groups is 1. The van der Waals surface area contributed by atoms with Crippen LogP contribution < -0.4 is 0 Å². The average molecular weight is 242 g/mol. The third-order valence-corrected chi connectivity index (χ3v) is 4.41. The molecule has 0 heterocycles. The van der Waals surface area contributed by atoms with Crippen LogP contribution in [0.1, 0.15) is 17.9 Å². The van der Waals surface area contributed by atoms with Crippen molar-refractivity contribution in [3.8, 4) is 5.75 Å². The number of phenolic OH excluding ortho intramolecular Hbond substituents is 1. The van der Waals surface area contributed by atoms with Gasteiger partial charge in [0, 0.05) is 10.1 Å². The summed E-state index contributed by atoms with van der Waals surface area (Å²) in [6, 6.07) is 18.2. The van der Waals surface area contributed by atoms with Gasteiger partial charge in [0.1, 0.15) is 5.75 Å². The second kappa shape index (κ2) is 4.46. The van der Waals surface area contributed by atoms with Crippen LogP contribution in [0.4, 0.5) is 0 Å². The third-order valence-electron chi connectivity index (χ3n) is 3.06. The highest BCUT2D eigenvalue weighted by Crippen LogP contribution is 2.51. The lowest BCUT2D eigenvalue weighted by Gasteiger charge is -2.02. The van der Waals surface area contributed by atoms with Crippen molar-refractivity contribution in [2.45, 2.75) is 22.5 Å². The average Bonchev–Trinajstić information content (AvgIpc) is 3.10. The molecule has 1 aliphatic carbocycles. The molecule has 2 unspecified atom stereocenters. The molecule has 1 N–H and O–H groups in total. The van der Waals surface area contributed by atoms with Gasteiger partial charge in [-0.15, -0.1) is 11.8 Å². The number of hydrogen-bond donors (Lipinski definition) is 1. The lowest BCUT2D eigenvalue weighted by atomic mass is 10.1. The maximum absolute atomic E-state index is 9.42. The minimum Gasteiger partial charge on any atom is -0.508 e. The molecule has 0 aromatic heterocycles. The molecular formula is C15H14OS. The van der Waals surface area contributed by atoms with Crippen molar-refractivity contribution in [3.05, 3.63) is 60.2 Å². The molecule has 1 fully saturated rings. The van der Waals surface area contributed by atoms with E-state index in [2.05, 4.69) is 36.4 Å². The molecule has 3 rings (SSSR count). The molecule has 0 aliphatic heterocycles. The van der Waals surface area contributed by atoms with E-state index in [1.54, 1.807) is 6.07 Å². The van der Waals surface area contributed by atoms with Gasteiger partial charge in [0.15, 0.2) is 0 Å². The summed E-state index contributed by atoms with van der Waals surface area (Å²) < 4.78 is 0. The van der Waals surface area contributed by atoms with Gasteiger partial charge in [0.25, 0.3) is 0 Å². The summed E-state index contributed by atoms with van der Waals surface area (Å²) in [6.07, 6.45) is 1.24. The smallest absolute Gasteiger partial charge is 0.116 e. The molecule has 1 nitrogen and oxygen atoms in total. The predicted octanol–water partition coefficient (Wildman–Crippen LogP) is 4.04. The number of hydrogen-bond acceptors (Lipinski definition) is 2. The SMILES string of the molecule is Oc1cccc(SC2CC2c2ccccc2)c1. The maximum Gasteiger partial charge on any atom is 0.116 e. The third kappa shape index (κ3) is 2.47. The van der Waals surface area contributed by atoms with Crippen LogP contribution in [0.2, 0.25) is 0 Å². The van der Waals surface area contributed by atoms with Crippen LogP contribution in [0.5, 0.6) is 5.75 Å². The van der Waals surface area contributed by atoms with E-state index in [1.807, 2.05) is 23.9 Å². The van der Waals surface area contributed by atoms with Gasteiger partial charge in [-0.3, -0.25) is 0 Å². The van der Waals surface area contributed by atoms with E-state index in [0.29, 0.717) is 16.9 Å². The Morgan fingerprint density at radius 2 is 1.82 bits per heavy atom. The Balaban J connectivity index is 1.66. The van der Waals surface area contributed by atoms with Crippen LogP contribution in [-0.4, -0.2) is 10.4 Å². The monoisotopic (exact) mass is 242 g/mol. The zero-order chi connectivity index (χ0) is 11.7. The van der Waals surface area contributed by atoms with Gasteiger partial charge in [0.2, 0.25) is 0 Å². The van der Waals surface area contributed by atoms with Crippen molar-refractivity contribution in [1.29, 1.82) is 0 Å². The first-order valence-electron chi connectivity index (χ1n) is 5.83. The zero-order valence-electron chi connectivity index (χ0n) is 9.41. The Bertz CT molecular complexity index is 509. The van der Waals surface area contributed by atoms with E-state index in [-0.39, 0.29) is 0 Å². The Labute approximate surface area is 105 Å². The lowest BCUT2D eigenvalue weighted by Crippen LogP contribution is -1.83. The molecule has 86 valence electrons. The van der Waals surface area contributed by atoms with Crippen LogP contribution in [0, 0.1) is 0 Å². The van der Waals surface area contributed by atoms with Gasteiger partial charge in [-0.1, -0.05) is 36.4 Å². The van der Waals surface area contributed by atoms with Crippen molar-refractivity contribution in [1.82, 2.24) is 0 Å². The fraction of sp³-hybridized carbons (Fsp3) is 0.200. The first kappa shape index (κ1) is 10.7. The van der Waals surface area contributed by atoms with Gasteiger partial charge in [-0.25, -0.2) is 0 Å². The highest BCUT2D eigenvalue weighted by molar-refractivity contribution is 8.00. The van der Waals surface area contributed by atoms with Crippen molar-refractivity contribution < 1.29 is 5.11 Å². The summed E-state index contributed by atoms with van der Waals surface area (Å²) in [5.74, 6) is 1.04. The van der Waals surface area contributed by atoms with E-state index in [0.717, 1.165) is 4.90 Å². The molecule has 2 heteroatoms. The molecular weight excluding hydrogens is 228 g/mol. The predicted molar refractivity (Wildman–Crippen MR) is 71.6 cm³/mol. The summed E-state index contributed by atoms with van der Waals surface area (Å²) in [4.78, 5) is 1.16. The van der Waals surface area contributed by atoms with Crippen molar-refractivity contribution in [2.24, 2.45) is 0 Å². The van der Waals surface area contributed by atoms with Crippen LogP contribution in [0.15, 0.2) is 59.5 Å². The van der Waals surface area contributed by atoms with Gasteiger partial charge in [-0.05, 0) is 36.1 Å². The highest BCUT2D eigenvalue weighted by Gasteiger charge is 2.38. The minimum absolute atomic E-state index is 0.354. The molecule has 1 saturated carbocycles. The van der Waals surface area contributed by atoms with E-state index in [1.165, 1.54) is 12.0 Å². The van der Waals surface area contributed by atoms with Crippen LogP contribution in [-0.2, 0) is 0 Å². The fourth-order valence-electron chi connectivity index (χ4n) is 2.08. The quantitative estimate of drug-likeness (QED) is 0.876. The van der Waals surface area contributed by atoms with Gasteiger partial charge in [0.05, 0.1) is 0 Å². The Morgan fingerprint density at radius 3 is 2.59 bits per heavy atom. The van der Waals surface area contributed by atoms with E-state index in [4.69, 9.17) is 0 Å². The number of rotatable bonds is 3. The lowest BCUT2D eigenvalue weighted by molar-refractivity contribution is 0.474. The summed E-state index contributed by atoms with van der Waals surface area (Å²) in [5.41, 5.74) is 1.44. The zero-order valence-corrected chi connectivity index (χ0v) is 10.2. The van der Waals surface area contributed by atoms with Gasteiger partial charge >= 0.3 is 0 Å². The van der Waals surface area contributed by atoms with E-state index < -0.39 is 0 Å². The van der Waals surface area contributed by atoms with Crippen molar-refractivity contribution in [2.75, 3.05) is 0 Å². The van der Waals surface area contributed by atoms with E-state index >= 15 is 0 Å². The van der Waals surface area contributed by atoms with E-state index in [9.17, 15) is 5.11 Å². The molecule has 2 atom stereocenters. The van der Waals surface area contributed by atoms with Gasteiger partial charge in [-0.2, -0.15) is 0 Å². The summed E-state index contributed by atoms with van der Waals surface area (Å²) in [7, 11) is 0. The van der Waals surface area contributed by atoms with Crippen LogP contribution in [0.3, 0.4) is 0 Å². The van der Waals surface area contributed by atoms with Crippen LogP contribution in [0.25, 0.3) is 0 Å². The number of phenols is 1. The standard InChI is InChI=1S/C15H14OS/c16-12-7-4-8-13(9-12)17-15-10-14(15)11-5-2-1-3-6-11/h1-9,14-16H,10H2. The topological polar surface area (TPSA) is 20.2 Å². The minimum atomic E-state index is 0.354. The normalized spacial score (nSPS) is 22.4. The number of benzene rings is 2. The Morgan fingerprint density at radius 1 is 1.00 bits per heavy atom. The number of thioether (sulfide) groups is 1. The molecule has 1 aliphatic rings. The largest absolute Gasteiger partial charge is 0.508 e. The van der Waals surface area contributed by atoms with Crippen molar-refractivity contribution in [3.63, 3.8) is 0 Å². The highest BCUT2D eigenvalue weighted by atomic mass is 32.2. The molecule has 0 amide bonds. The van der Waals surface area contributed by atoms with Crippen molar-refractivity contribution >= 4 is 11.8 Å². The second-order valence-electron chi connectivity index (χ2n) is 4.41. The Kier molecular flexibility index (Phi) is 2.81. The molecule has 0 spiro atoms. The van der Waals surface area contributed by atoms with Gasteiger partial charge < -0.3 is 5.11 Å².